The van der Waals surface area contributed by atoms with Crippen LogP contribution in [0.5, 0.6) is 11.5 Å². The van der Waals surface area contributed by atoms with Gasteiger partial charge in [-0.2, -0.15) is 5.10 Å². The predicted molar refractivity (Wildman–Crippen MR) is 205 cm³/mol. The van der Waals surface area contributed by atoms with E-state index in [0.717, 1.165) is 41.4 Å². The lowest BCUT2D eigenvalue weighted by Crippen LogP contribution is -2.22. The molecule has 1 aromatic heterocycles. The summed E-state index contributed by atoms with van der Waals surface area (Å²) in [6.07, 6.45) is 3.54. The molecule has 0 atom stereocenters. The van der Waals surface area contributed by atoms with Gasteiger partial charge < -0.3 is 33.2 Å². The van der Waals surface area contributed by atoms with Crippen LogP contribution in [0.3, 0.4) is 0 Å². The van der Waals surface area contributed by atoms with Crippen LogP contribution in [0.4, 0.5) is 4.39 Å². The first-order valence-corrected chi connectivity index (χ1v) is 22.3. The largest absolute Gasteiger partial charge is 0.490 e. The Hall–Kier alpha value is -3.20. The van der Waals surface area contributed by atoms with Gasteiger partial charge in [-0.05, 0) is 86.5 Å². The van der Waals surface area contributed by atoms with Crippen LogP contribution < -0.4 is 9.47 Å². The quantitative estimate of drug-likeness (QED) is 0.0472. The standard InChI is InChI=1S/C38H53Cl2FN2O9Si/c1-27-30(10-9-17-51-35-24-29(38(45)47-3)12-13-33(35)41)34(42-43(27)26-50-20-21-53(4,5)6)25-49-16-8-7-15-48-18-19-52-37-31(39)22-28(23-32(37)40)11-14-36(44)46-2/h12-13,22-24H,7-11,14-21,25-26H2,1-6H3. The van der Waals surface area contributed by atoms with Crippen LogP contribution in [-0.2, 0) is 54.7 Å². The number of aromatic nitrogens is 2. The summed E-state index contributed by atoms with van der Waals surface area (Å²) >= 11 is 12.7. The number of unbranched alkanes of at least 4 members (excludes halogenated alkanes) is 1. The molecule has 1 heterocycles. The van der Waals surface area contributed by atoms with E-state index in [2.05, 4.69) is 24.4 Å². The van der Waals surface area contributed by atoms with E-state index >= 15 is 0 Å². The van der Waals surface area contributed by atoms with Crippen LogP contribution in [0, 0.1) is 12.7 Å². The van der Waals surface area contributed by atoms with Crippen molar-refractivity contribution in [3.05, 3.63) is 74.3 Å². The van der Waals surface area contributed by atoms with E-state index in [-0.39, 0.29) is 36.9 Å². The minimum absolute atomic E-state index is 0.00442. The third kappa shape index (κ3) is 15.6. The van der Waals surface area contributed by atoms with E-state index < -0.39 is 19.9 Å². The minimum Gasteiger partial charge on any atom is -0.490 e. The Morgan fingerprint density at radius 1 is 0.830 bits per heavy atom. The van der Waals surface area contributed by atoms with E-state index in [9.17, 15) is 14.0 Å². The summed E-state index contributed by atoms with van der Waals surface area (Å²) in [4.78, 5) is 23.3. The number of ether oxygens (including phenoxy) is 7. The van der Waals surface area contributed by atoms with Crippen molar-refractivity contribution in [2.45, 2.75) is 84.5 Å². The first kappa shape index (κ1) is 44.2. The summed E-state index contributed by atoms with van der Waals surface area (Å²) in [6.45, 7) is 12.3. The summed E-state index contributed by atoms with van der Waals surface area (Å²) in [7, 11) is 1.40. The number of hydrogen-bond donors (Lipinski definition) is 0. The third-order valence-electron chi connectivity index (χ3n) is 8.25. The van der Waals surface area contributed by atoms with Crippen molar-refractivity contribution in [2.75, 3.05) is 53.9 Å². The number of carbonyl (C=O) groups is 2. The van der Waals surface area contributed by atoms with Crippen LogP contribution in [0.25, 0.3) is 0 Å². The maximum Gasteiger partial charge on any atom is 0.337 e. The van der Waals surface area contributed by atoms with Gasteiger partial charge in [0.25, 0.3) is 0 Å². The fraction of sp³-hybridized carbons (Fsp3) is 0.553. The molecule has 0 saturated heterocycles. The topological polar surface area (TPSA) is 117 Å². The molecular formula is C38H53Cl2FN2O9Si. The number of esters is 2. The molecule has 3 aromatic rings. The van der Waals surface area contributed by atoms with Crippen molar-refractivity contribution in [2.24, 2.45) is 0 Å². The monoisotopic (exact) mass is 798 g/mol. The Morgan fingerprint density at radius 3 is 2.23 bits per heavy atom. The molecule has 53 heavy (non-hydrogen) atoms. The summed E-state index contributed by atoms with van der Waals surface area (Å²) in [5.41, 5.74) is 3.91. The molecule has 2 aromatic carbocycles. The average molecular weight is 800 g/mol. The van der Waals surface area contributed by atoms with E-state index in [1.165, 1.54) is 32.4 Å². The van der Waals surface area contributed by atoms with Gasteiger partial charge in [0.05, 0.1) is 55.3 Å². The van der Waals surface area contributed by atoms with Gasteiger partial charge >= 0.3 is 11.9 Å². The molecule has 294 valence electrons. The Balaban J connectivity index is 1.43. The normalized spacial score (nSPS) is 11.5. The number of aryl methyl sites for hydroxylation is 1. The second-order valence-corrected chi connectivity index (χ2v) is 20.1. The molecule has 0 spiro atoms. The summed E-state index contributed by atoms with van der Waals surface area (Å²) in [5, 5.41) is 5.56. The van der Waals surface area contributed by atoms with Gasteiger partial charge in [0.2, 0.25) is 0 Å². The fourth-order valence-corrected chi connectivity index (χ4v) is 6.55. The summed E-state index contributed by atoms with van der Waals surface area (Å²) < 4.78 is 54.8. The van der Waals surface area contributed by atoms with Crippen molar-refractivity contribution < 1.29 is 47.1 Å². The molecule has 0 aliphatic carbocycles. The number of halogens is 3. The number of nitrogens with zero attached hydrogens (tertiary/aromatic N) is 2. The van der Waals surface area contributed by atoms with E-state index in [1.807, 2.05) is 11.6 Å². The zero-order valence-corrected chi connectivity index (χ0v) is 34.2. The predicted octanol–water partition coefficient (Wildman–Crippen LogP) is 8.25. The second-order valence-electron chi connectivity index (χ2n) is 13.6. The summed E-state index contributed by atoms with van der Waals surface area (Å²) in [6, 6.07) is 8.44. The molecule has 0 saturated carbocycles. The molecule has 0 aliphatic rings. The lowest BCUT2D eigenvalue weighted by molar-refractivity contribution is -0.140. The molecule has 0 unspecified atom stereocenters. The minimum atomic E-state index is -1.22. The number of hydrogen-bond acceptors (Lipinski definition) is 10. The maximum absolute atomic E-state index is 14.3. The summed E-state index contributed by atoms with van der Waals surface area (Å²) in [5.74, 6) is -1.02. The Labute approximate surface area is 323 Å². The number of benzene rings is 2. The van der Waals surface area contributed by atoms with Gasteiger partial charge in [0.1, 0.15) is 13.3 Å². The van der Waals surface area contributed by atoms with Crippen molar-refractivity contribution in [3.8, 4) is 11.5 Å². The highest BCUT2D eigenvalue weighted by Crippen LogP contribution is 2.34. The second kappa shape index (κ2) is 22.9. The molecule has 0 aliphatic heterocycles. The highest BCUT2D eigenvalue weighted by atomic mass is 35.5. The highest BCUT2D eigenvalue weighted by molar-refractivity contribution is 6.76. The third-order valence-corrected chi connectivity index (χ3v) is 10.5. The smallest absolute Gasteiger partial charge is 0.337 e. The van der Waals surface area contributed by atoms with Crippen LogP contribution in [0.1, 0.15) is 58.6 Å². The molecule has 15 heteroatoms. The number of methoxy groups -OCH3 is 2. The molecule has 11 nitrogen and oxygen atoms in total. The van der Waals surface area contributed by atoms with Gasteiger partial charge in [0, 0.05) is 40.0 Å². The Morgan fingerprint density at radius 2 is 1.55 bits per heavy atom. The van der Waals surface area contributed by atoms with Crippen molar-refractivity contribution in [3.63, 3.8) is 0 Å². The first-order chi connectivity index (χ1) is 25.3. The van der Waals surface area contributed by atoms with Gasteiger partial charge in [0.15, 0.2) is 17.3 Å². The van der Waals surface area contributed by atoms with Crippen molar-refractivity contribution in [1.82, 2.24) is 9.78 Å². The number of rotatable bonds is 25. The van der Waals surface area contributed by atoms with Gasteiger partial charge in [-0.15, -0.1) is 0 Å². The first-order valence-electron chi connectivity index (χ1n) is 17.8. The molecular weight excluding hydrogens is 746 g/mol. The maximum atomic E-state index is 14.3. The van der Waals surface area contributed by atoms with Gasteiger partial charge in [-0.1, -0.05) is 42.8 Å². The van der Waals surface area contributed by atoms with E-state index in [1.54, 1.807) is 12.1 Å². The van der Waals surface area contributed by atoms with Crippen LogP contribution in [-0.4, -0.2) is 83.7 Å². The highest BCUT2D eigenvalue weighted by Gasteiger charge is 2.18. The van der Waals surface area contributed by atoms with Gasteiger partial charge in [-0.25, -0.2) is 13.9 Å². The zero-order valence-electron chi connectivity index (χ0n) is 31.7. The van der Waals surface area contributed by atoms with Crippen molar-refractivity contribution in [1.29, 1.82) is 0 Å². The molecule has 0 amide bonds. The molecule has 0 fully saturated rings. The molecule has 3 rings (SSSR count). The Bertz CT molecular complexity index is 1590. The van der Waals surface area contributed by atoms with E-state index in [4.69, 9.17) is 56.7 Å². The fourth-order valence-electron chi connectivity index (χ4n) is 5.16. The molecule has 0 bridgehead atoms. The molecule has 0 radical (unpaired) electrons. The lowest BCUT2D eigenvalue weighted by atomic mass is 10.1. The van der Waals surface area contributed by atoms with Gasteiger partial charge in [-0.3, -0.25) is 4.79 Å². The van der Waals surface area contributed by atoms with Crippen LogP contribution >= 0.6 is 23.2 Å². The van der Waals surface area contributed by atoms with E-state index in [0.29, 0.717) is 74.8 Å². The van der Waals surface area contributed by atoms with Crippen molar-refractivity contribution >= 4 is 43.2 Å². The van der Waals surface area contributed by atoms with Crippen LogP contribution in [0.15, 0.2) is 30.3 Å². The molecule has 0 N–H and O–H groups in total. The SMILES string of the molecule is COC(=O)CCc1cc(Cl)c(OCCOCCCCOCc2nn(COCC[Si](C)(C)C)c(C)c2CCCOc2cc(C(=O)OC)ccc2F)c(Cl)c1. The lowest BCUT2D eigenvalue weighted by Gasteiger charge is -2.15. The average Bonchev–Trinajstić information content (AvgIpc) is 3.42. The zero-order chi connectivity index (χ0) is 38.8. The Kier molecular flexibility index (Phi) is 19.1. The van der Waals surface area contributed by atoms with Crippen LogP contribution in [0.2, 0.25) is 35.7 Å². The number of carbonyl (C=O) groups excluding carboxylic acids is 2.